The van der Waals surface area contributed by atoms with Crippen molar-refractivity contribution in [3.8, 4) is 0 Å². The molecule has 1 amide bonds. The van der Waals surface area contributed by atoms with Crippen LogP contribution < -0.4 is 16.4 Å². The third-order valence-electron chi connectivity index (χ3n) is 2.43. The van der Waals surface area contributed by atoms with Crippen molar-refractivity contribution in [2.24, 2.45) is 5.73 Å². The molecule has 0 radical (unpaired) electrons. The topological polar surface area (TPSA) is 111 Å². The van der Waals surface area contributed by atoms with E-state index in [1.165, 1.54) is 0 Å². The van der Waals surface area contributed by atoms with Crippen LogP contribution in [0.3, 0.4) is 0 Å². The van der Waals surface area contributed by atoms with Crippen molar-refractivity contribution in [2.75, 3.05) is 59.0 Å². The normalized spacial score (nSPS) is 10.9. The van der Waals surface area contributed by atoms with E-state index in [9.17, 15) is 4.79 Å². The van der Waals surface area contributed by atoms with Crippen molar-refractivity contribution < 1.29 is 15.0 Å². The van der Waals surface area contributed by atoms with Gasteiger partial charge in [-0.3, -0.25) is 9.69 Å². The lowest BCUT2D eigenvalue weighted by atomic mass is 10.3. The molecule has 6 N–H and O–H groups in total. The number of nitrogens with one attached hydrogen (secondary N) is 2. The number of aliphatic hydroxyl groups excluding tert-OH is 2. The molecular weight excluding hydrogens is 236 g/mol. The van der Waals surface area contributed by atoms with Gasteiger partial charge in [0.15, 0.2) is 0 Å². The van der Waals surface area contributed by atoms with Crippen LogP contribution in [0.25, 0.3) is 0 Å². The monoisotopic (exact) mass is 262 g/mol. The van der Waals surface area contributed by atoms with Crippen LogP contribution in [0.1, 0.15) is 6.42 Å². The van der Waals surface area contributed by atoms with E-state index in [-0.39, 0.29) is 19.1 Å². The van der Waals surface area contributed by atoms with Crippen molar-refractivity contribution in [3.05, 3.63) is 0 Å². The molecule has 0 aliphatic heterocycles. The summed E-state index contributed by atoms with van der Waals surface area (Å²) < 4.78 is 0. The van der Waals surface area contributed by atoms with Crippen molar-refractivity contribution >= 4 is 5.91 Å². The Hall–Kier alpha value is -0.730. The predicted molar refractivity (Wildman–Crippen MR) is 70.2 cm³/mol. The number of carbonyl (C=O) groups excluding carboxylic acids is 1. The van der Waals surface area contributed by atoms with Crippen LogP contribution in [0.4, 0.5) is 0 Å². The Morgan fingerprint density at radius 2 is 1.72 bits per heavy atom. The summed E-state index contributed by atoms with van der Waals surface area (Å²) in [6, 6.07) is 0. The zero-order valence-electron chi connectivity index (χ0n) is 10.9. The van der Waals surface area contributed by atoms with E-state index >= 15 is 0 Å². The van der Waals surface area contributed by atoms with Gasteiger partial charge in [-0.1, -0.05) is 0 Å². The van der Waals surface area contributed by atoms with Crippen molar-refractivity contribution in [1.82, 2.24) is 15.5 Å². The summed E-state index contributed by atoms with van der Waals surface area (Å²) in [7, 11) is 0. The first-order valence-electron chi connectivity index (χ1n) is 6.36. The summed E-state index contributed by atoms with van der Waals surface area (Å²) >= 11 is 0. The third kappa shape index (κ3) is 10.4. The Morgan fingerprint density at radius 1 is 1.06 bits per heavy atom. The highest BCUT2D eigenvalue weighted by Gasteiger charge is 2.06. The lowest BCUT2D eigenvalue weighted by molar-refractivity contribution is -0.121. The van der Waals surface area contributed by atoms with Crippen LogP contribution in [-0.2, 0) is 4.79 Å². The van der Waals surface area contributed by atoms with Crippen molar-refractivity contribution in [2.45, 2.75) is 6.42 Å². The van der Waals surface area contributed by atoms with E-state index in [1.807, 2.05) is 4.90 Å². The number of nitrogens with two attached hydrogens (primary N) is 1. The summed E-state index contributed by atoms with van der Waals surface area (Å²) in [6.45, 7) is 4.19. The van der Waals surface area contributed by atoms with Gasteiger partial charge in [0.2, 0.25) is 5.91 Å². The molecule has 0 spiro atoms. The van der Waals surface area contributed by atoms with E-state index in [1.54, 1.807) is 0 Å². The Labute approximate surface area is 108 Å². The smallest absolute Gasteiger partial charge is 0.221 e. The standard InChI is InChI=1S/C11H26N4O3/c12-2-3-13-4-5-14-11(18)1-6-15(7-9-16)8-10-17/h13,16-17H,1-10,12H2,(H,14,18). The highest BCUT2D eigenvalue weighted by molar-refractivity contribution is 5.76. The molecule has 0 aliphatic rings. The molecular formula is C11H26N4O3. The Bertz CT molecular complexity index is 199. The molecule has 7 nitrogen and oxygen atoms in total. The Kier molecular flexibility index (Phi) is 12.2. The molecule has 0 aromatic rings. The predicted octanol–water partition coefficient (Wildman–Crippen LogP) is -2.67. The van der Waals surface area contributed by atoms with Crippen molar-refractivity contribution in [3.63, 3.8) is 0 Å². The number of nitrogens with zero attached hydrogens (tertiary/aromatic N) is 1. The average Bonchev–Trinajstić information content (AvgIpc) is 2.36. The minimum atomic E-state index is -0.0228. The van der Waals surface area contributed by atoms with E-state index in [4.69, 9.17) is 15.9 Å². The summed E-state index contributed by atoms with van der Waals surface area (Å²) in [4.78, 5) is 13.3. The maximum absolute atomic E-state index is 11.5. The SMILES string of the molecule is NCCNCCNC(=O)CCN(CCO)CCO. The second-order valence-corrected chi connectivity index (χ2v) is 3.93. The van der Waals surface area contributed by atoms with Crippen LogP contribution in [0.5, 0.6) is 0 Å². The third-order valence-corrected chi connectivity index (χ3v) is 2.43. The fourth-order valence-corrected chi connectivity index (χ4v) is 1.48. The fourth-order valence-electron chi connectivity index (χ4n) is 1.48. The summed E-state index contributed by atoms with van der Waals surface area (Å²) in [6.07, 6.45) is 0.372. The number of hydrogen-bond acceptors (Lipinski definition) is 6. The van der Waals surface area contributed by atoms with Crippen LogP contribution in [0.15, 0.2) is 0 Å². The summed E-state index contributed by atoms with van der Waals surface area (Å²) in [5.41, 5.74) is 5.31. The summed E-state index contributed by atoms with van der Waals surface area (Å²) in [5.74, 6) is -0.0228. The van der Waals surface area contributed by atoms with Crippen LogP contribution >= 0.6 is 0 Å². The van der Waals surface area contributed by atoms with Gasteiger partial charge in [0, 0.05) is 52.2 Å². The van der Waals surface area contributed by atoms with E-state index in [2.05, 4.69) is 10.6 Å². The van der Waals surface area contributed by atoms with E-state index in [0.717, 1.165) is 6.54 Å². The van der Waals surface area contributed by atoms with Gasteiger partial charge in [-0.15, -0.1) is 0 Å². The van der Waals surface area contributed by atoms with Gasteiger partial charge in [0.05, 0.1) is 13.2 Å². The lowest BCUT2D eigenvalue weighted by Gasteiger charge is -2.19. The highest BCUT2D eigenvalue weighted by atomic mass is 16.3. The quantitative estimate of drug-likeness (QED) is 0.245. The molecule has 0 atom stereocenters. The molecule has 0 rings (SSSR count). The maximum atomic E-state index is 11.5. The number of hydrogen-bond donors (Lipinski definition) is 5. The molecule has 108 valence electrons. The number of rotatable bonds is 12. The van der Waals surface area contributed by atoms with Crippen LogP contribution in [-0.4, -0.2) is 80.0 Å². The zero-order valence-corrected chi connectivity index (χ0v) is 10.9. The molecule has 0 aliphatic carbocycles. The lowest BCUT2D eigenvalue weighted by Crippen LogP contribution is -2.37. The first-order chi connectivity index (χ1) is 8.74. The first kappa shape index (κ1) is 17.3. The fraction of sp³-hybridized carbons (Fsp3) is 0.909. The molecule has 7 heteroatoms. The largest absolute Gasteiger partial charge is 0.395 e. The highest BCUT2D eigenvalue weighted by Crippen LogP contribution is 1.90. The molecule has 0 heterocycles. The molecule has 0 bridgehead atoms. The molecule has 0 aromatic heterocycles. The maximum Gasteiger partial charge on any atom is 0.221 e. The van der Waals surface area contributed by atoms with Crippen LogP contribution in [0, 0.1) is 0 Å². The van der Waals surface area contributed by atoms with Crippen LogP contribution in [0.2, 0.25) is 0 Å². The second-order valence-electron chi connectivity index (χ2n) is 3.93. The average molecular weight is 262 g/mol. The molecule has 18 heavy (non-hydrogen) atoms. The van der Waals surface area contributed by atoms with Gasteiger partial charge in [-0.2, -0.15) is 0 Å². The van der Waals surface area contributed by atoms with Gasteiger partial charge in [0.25, 0.3) is 0 Å². The van der Waals surface area contributed by atoms with Gasteiger partial charge in [-0.25, -0.2) is 0 Å². The first-order valence-corrected chi connectivity index (χ1v) is 6.36. The zero-order chi connectivity index (χ0) is 13.6. The molecule has 0 fully saturated rings. The van der Waals surface area contributed by atoms with Gasteiger partial charge >= 0.3 is 0 Å². The van der Waals surface area contributed by atoms with E-state index < -0.39 is 0 Å². The van der Waals surface area contributed by atoms with Gasteiger partial charge < -0.3 is 26.6 Å². The van der Waals surface area contributed by atoms with E-state index in [0.29, 0.717) is 45.7 Å². The second kappa shape index (κ2) is 12.7. The number of carbonyl (C=O) groups is 1. The van der Waals surface area contributed by atoms with Gasteiger partial charge in [-0.05, 0) is 0 Å². The molecule has 0 saturated carbocycles. The summed E-state index contributed by atoms with van der Waals surface area (Å²) in [5, 5.41) is 23.5. The molecule has 0 saturated heterocycles. The molecule has 0 unspecified atom stereocenters. The number of amides is 1. The Morgan fingerprint density at radius 3 is 2.28 bits per heavy atom. The number of aliphatic hydroxyl groups is 2. The Balaban J connectivity index is 3.54. The van der Waals surface area contributed by atoms with Gasteiger partial charge in [0.1, 0.15) is 0 Å². The van der Waals surface area contributed by atoms with Crippen molar-refractivity contribution in [1.29, 1.82) is 0 Å². The minimum Gasteiger partial charge on any atom is -0.395 e. The minimum absolute atomic E-state index is 0.0228. The molecule has 0 aromatic carbocycles.